The lowest BCUT2D eigenvalue weighted by Gasteiger charge is -2.48. The number of nitrogens with one attached hydrogen (secondary N) is 1. The summed E-state index contributed by atoms with van der Waals surface area (Å²) in [6, 6.07) is 2.21. The van der Waals surface area contributed by atoms with E-state index in [0.29, 0.717) is 12.1 Å². The molecule has 2 rings (SSSR count). The van der Waals surface area contributed by atoms with Crippen molar-refractivity contribution < 1.29 is 0 Å². The molecule has 0 spiro atoms. The first-order valence-corrected chi connectivity index (χ1v) is 6.76. The van der Waals surface area contributed by atoms with Gasteiger partial charge in [-0.25, -0.2) is 0 Å². The van der Waals surface area contributed by atoms with Gasteiger partial charge in [0.25, 0.3) is 0 Å². The molecule has 2 heterocycles. The predicted molar refractivity (Wildman–Crippen MR) is 68.7 cm³/mol. The van der Waals surface area contributed by atoms with Crippen LogP contribution in [0.3, 0.4) is 0 Å². The third-order valence-corrected chi connectivity index (χ3v) is 4.60. The van der Waals surface area contributed by atoms with E-state index in [4.69, 9.17) is 0 Å². The molecule has 4 atom stereocenters. The van der Waals surface area contributed by atoms with E-state index in [1.165, 1.54) is 32.6 Å². The Balaban J connectivity index is 1.98. The molecule has 2 aliphatic rings. The maximum Gasteiger partial charge on any atom is 0.0195 e. The number of piperidine rings is 1. The minimum absolute atomic E-state index is 0.700. The number of hydrogen-bond acceptors (Lipinski definition) is 3. The summed E-state index contributed by atoms with van der Waals surface area (Å²) in [5.41, 5.74) is 0. The fourth-order valence-electron chi connectivity index (χ4n) is 3.26. The summed E-state index contributed by atoms with van der Waals surface area (Å²) in [5, 5.41) is 3.50. The van der Waals surface area contributed by atoms with Crippen LogP contribution in [0, 0.1) is 5.92 Å². The molecule has 2 fully saturated rings. The summed E-state index contributed by atoms with van der Waals surface area (Å²) in [7, 11) is 2.26. The summed E-state index contributed by atoms with van der Waals surface area (Å²) < 4.78 is 0. The van der Waals surface area contributed by atoms with E-state index < -0.39 is 0 Å². The lowest BCUT2D eigenvalue weighted by atomic mass is 9.92. The van der Waals surface area contributed by atoms with Gasteiger partial charge in [0.05, 0.1) is 0 Å². The molecule has 0 saturated carbocycles. The fraction of sp³-hybridized carbons (Fsp3) is 1.00. The van der Waals surface area contributed by atoms with Crippen molar-refractivity contribution in [2.45, 2.75) is 45.3 Å². The second kappa shape index (κ2) is 5.03. The zero-order chi connectivity index (χ0) is 11.7. The Morgan fingerprint density at radius 2 is 1.69 bits per heavy atom. The first-order valence-electron chi connectivity index (χ1n) is 6.76. The van der Waals surface area contributed by atoms with Crippen LogP contribution in [-0.2, 0) is 0 Å². The second-order valence-corrected chi connectivity index (χ2v) is 5.85. The number of piperazine rings is 1. The maximum absolute atomic E-state index is 3.50. The van der Waals surface area contributed by atoms with E-state index in [2.05, 4.69) is 42.9 Å². The van der Waals surface area contributed by atoms with Gasteiger partial charge >= 0.3 is 0 Å². The molecule has 16 heavy (non-hydrogen) atoms. The van der Waals surface area contributed by atoms with Crippen molar-refractivity contribution in [3.8, 4) is 0 Å². The first kappa shape index (κ1) is 12.3. The van der Waals surface area contributed by atoms with Gasteiger partial charge in [-0.3, -0.25) is 9.80 Å². The average molecular weight is 225 g/mol. The van der Waals surface area contributed by atoms with E-state index in [1.54, 1.807) is 0 Å². The largest absolute Gasteiger partial charge is 0.316 e. The van der Waals surface area contributed by atoms with Crippen molar-refractivity contribution in [1.82, 2.24) is 15.1 Å². The Kier molecular flexibility index (Phi) is 3.88. The van der Waals surface area contributed by atoms with E-state index in [1.807, 2.05) is 0 Å². The minimum Gasteiger partial charge on any atom is -0.316 e. The Morgan fingerprint density at radius 1 is 1.06 bits per heavy atom. The highest BCUT2D eigenvalue weighted by Crippen LogP contribution is 2.23. The van der Waals surface area contributed by atoms with Crippen LogP contribution in [-0.4, -0.2) is 61.2 Å². The normalized spacial score (nSPS) is 43.5. The molecule has 94 valence electrons. The Labute approximate surface area is 100 Å². The maximum atomic E-state index is 3.50. The molecule has 0 radical (unpaired) electrons. The molecular formula is C13H27N3. The van der Waals surface area contributed by atoms with Crippen molar-refractivity contribution in [3.63, 3.8) is 0 Å². The van der Waals surface area contributed by atoms with E-state index in [-0.39, 0.29) is 0 Å². The molecule has 0 amide bonds. The Hall–Kier alpha value is -0.120. The summed E-state index contributed by atoms with van der Waals surface area (Å²) >= 11 is 0. The molecule has 0 aromatic heterocycles. The van der Waals surface area contributed by atoms with Crippen molar-refractivity contribution in [1.29, 1.82) is 0 Å². The van der Waals surface area contributed by atoms with Crippen LogP contribution < -0.4 is 5.32 Å². The van der Waals surface area contributed by atoms with Gasteiger partial charge in [0.2, 0.25) is 0 Å². The van der Waals surface area contributed by atoms with Crippen molar-refractivity contribution in [2.75, 3.05) is 33.2 Å². The van der Waals surface area contributed by atoms with Crippen LogP contribution in [0.4, 0.5) is 0 Å². The molecule has 1 N–H and O–H groups in total. The molecule has 3 nitrogen and oxygen atoms in total. The van der Waals surface area contributed by atoms with Crippen molar-refractivity contribution >= 4 is 0 Å². The average Bonchev–Trinajstić information content (AvgIpc) is 2.26. The van der Waals surface area contributed by atoms with Crippen molar-refractivity contribution in [2.24, 2.45) is 5.92 Å². The number of likely N-dealkylation sites (N-methyl/N-ethyl adjacent to an activating group) is 1. The van der Waals surface area contributed by atoms with Gasteiger partial charge in [0.1, 0.15) is 0 Å². The van der Waals surface area contributed by atoms with Gasteiger partial charge < -0.3 is 5.32 Å². The molecule has 0 aromatic carbocycles. The number of nitrogens with zero attached hydrogens (tertiary/aromatic N) is 2. The van der Waals surface area contributed by atoms with Gasteiger partial charge in [-0.15, -0.1) is 0 Å². The zero-order valence-corrected chi connectivity index (χ0v) is 11.2. The Bertz CT molecular complexity index is 219. The van der Waals surface area contributed by atoms with E-state index in [9.17, 15) is 0 Å². The quantitative estimate of drug-likeness (QED) is 0.718. The van der Waals surface area contributed by atoms with Crippen LogP contribution in [0.2, 0.25) is 0 Å². The summed E-state index contributed by atoms with van der Waals surface area (Å²) in [6.07, 6.45) is 1.32. The number of hydrogen-bond donors (Lipinski definition) is 1. The minimum atomic E-state index is 0.700. The predicted octanol–water partition coefficient (Wildman–Crippen LogP) is 1.01. The highest BCUT2D eigenvalue weighted by molar-refractivity contribution is 4.90. The fourth-order valence-corrected chi connectivity index (χ4v) is 3.26. The molecule has 0 aliphatic carbocycles. The zero-order valence-electron chi connectivity index (χ0n) is 11.2. The van der Waals surface area contributed by atoms with Crippen LogP contribution in [0.1, 0.15) is 27.2 Å². The highest BCUT2D eigenvalue weighted by atomic mass is 15.3. The van der Waals surface area contributed by atoms with Gasteiger partial charge in [0.15, 0.2) is 0 Å². The molecule has 4 unspecified atom stereocenters. The van der Waals surface area contributed by atoms with E-state index in [0.717, 1.165) is 12.0 Å². The standard InChI is InChI=1S/C13H27N3/c1-10-7-14-6-5-13(10)16-8-11(2)15(4)12(3)9-16/h10-14H,5-9H2,1-4H3. The summed E-state index contributed by atoms with van der Waals surface area (Å²) in [5.74, 6) is 0.802. The smallest absolute Gasteiger partial charge is 0.0195 e. The monoisotopic (exact) mass is 225 g/mol. The molecule has 0 bridgehead atoms. The van der Waals surface area contributed by atoms with Gasteiger partial charge in [0, 0.05) is 31.2 Å². The van der Waals surface area contributed by atoms with Crippen LogP contribution >= 0.6 is 0 Å². The van der Waals surface area contributed by atoms with Gasteiger partial charge in [-0.05, 0) is 46.3 Å². The molecule has 0 aromatic rings. The van der Waals surface area contributed by atoms with Gasteiger partial charge in [-0.2, -0.15) is 0 Å². The SMILES string of the molecule is CC1CNCCC1N1CC(C)N(C)C(C)C1. The number of rotatable bonds is 1. The third kappa shape index (κ3) is 2.41. The lowest BCUT2D eigenvalue weighted by molar-refractivity contribution is 0.0102. The van der Waals surface area contributed by atoms with Crippen LogP contribution in [0.15, 0.2) is 0 Å². The first-order chi connectivity index (χ1) is 7.59. The molecule has 2 aliphatic heterocycles. The second-order valence-electron chi connectivity index (χ2n) is 5.85. The van der Waals surface area contributed by atoms with E-state index >= 15 is 0 Å². The van der Waals surface area contributed by atoms with Crippen LogP contribution in [0.25, 0.3) is 0 Å². The molecule has 2 saturated heterocycles. The molecular weight excluding hydrogens is 198 g/mol. The molecule has 3 heteroatoms. The Morgan fingerprint density at radius 3 is 2.25 bits per heavy atom. The highest BCUT2D eigenvalue weighted by Gasteiger charge is 2.33. The van der Waals surface area contributed by atoms with Crippen LogP contribution in [0.5, 0.6) is 0 Å². The third-order valence-electron chi connectivity index (χ3n) is 4.60. The lowest BCUT2D eigenvalue weighted by Crippen LogP contribution is -2.60. The summed E-state index contributed by atoms with van der Waals surface area (Å²) in [4.78, 5) is 5.25. The summed E-state index contributed by atoms with van der Waals surface area (Å²) in [6.45, 7) is 12.0. The van der Waals surface area contributed by atoms with Crippen molar-refractivity contribution in [3.05, 3.63) is 0 Å². The topological polar surface area (TPSA) is 18.5 Å². The van der Waals surface area contributed by atoms with Gasteiger partial charge in [-0.1, -0.05) is 6.92 Å².